The zero-order valence-corrected chi connectivity index (χ0v) is 14.5. The molecule has 0 spiro atoms. The number of anilines is 1. The predicted octanol–water partition coefficient (Wildman–Crippen LogP) is 5.45. The van der Waals surface area contributed by atoms with E-state index < -0.39 is 0 Å². The fourth-order valence-electron chi connectivity index (χ4n) is 4.02. The molecule has 26 heavy (non-hydrogen) atoms. The molecule has 2 N–H and O–H groups in total. The number of rotatable bonds is 2. The number of aromatic amines is 1. The Balaban J connectivity index is 1.47. The van der Waals surface area contributed by atoms with Gasteiger partial charge in [-0.25, -0.2) is 0 Å². The minimum absolute atomic E-state index is 0.0621. The largest absolute Gasteiger partial charge is 0.358 e. The Hall–Kier alpha value is -3.07. The molecule has 3 aromatic carbocycles. The third-order valence-electron chi connectivity index (χ3n) is 5.37. The monoisotopic (exact) mass is 340 g/mol. The van der Waals surface area contributed by atoms with E-state index in [0.29, 0.717) is 5.56 Å². The van der Waals surface area contributed by atoms with Crippen molar-refractivity contribution in [2.45, 2.75) is 25.7 Å². The number of aryl methyl sites for hydroxylation is 2. The Morgan fingerprint density at radius 3 is 2.65 bits per heavy atom. The molecule has 0 radical (unpaired) electrons. The van der Waals surface area contributed by atoms with Crippen LogP contribution in [0.4, 0.5) is 5.69 Å². The van der Waals surface area contributed by atoms with Crippen molar-refractivity contribution >= 4 is 33.3 Å². The summed E-state index contributed by atoms with van der Waals surface area (Å²) in [6.45, 7) is 0. The summed E-state index contributed by atoms with van der Waals surface area (Å²) in [5.41, 5.74) is 5.41. The third-order valence-corrected chi connectivity index (χ3v) is 5.37. The van der Waals surface area contributed by atoms with Crippen LogP contribution < -0.4 is 5.32 Å². The van der Waals surface area contributed by atoms with Crippen LogP contribution in [0.1, 0.15) is 34.5 Å². The van der Waals surface area contributed by atoms with Crippen LogP contribution >= 0.6 is 0 Å². The number of H-pyrrole nitrogens is 1. The lowest BCUT2D eigenvalue weighted by molar-refractivity contribution is 0.102. The number of hydrogen-bond acceptors (Lipinski definition) is 1. The van der Waals surface area contributed by atoms with Gasteiger partial charge < -0.3 is 10.3 Å². The number of carbonyl (C=O) groups excluding carboxylic acids is 1. The number of hydrogen-bond donors (Lipinski definition) is 2. The van der Waals surface area contributed by atoms with Gasteiger partial charge in [-0.1, -0.05) is 30.3 Å². The summed E-state index contributed by atoms with van der Waals surface area (Å²) in [4.78, 5) is 16.3. The zero-order chi connectivity index (χ0) is 17.5. The second-order valence-electron chi connectivity index (χ2n) is 7.07. The van der Waals surface area contributed by atoms with Crippen molar-refractivity contribution in [1.29, 1.82) is 0 Å². The predicted molar refractivity (Wildman–Crippen MR) is 107 cm³/mol. The first-order valence-electron chi connectivity index (χ1n) is 9.21. The van der Waals surface area contributed by atoms with Crippen LogP contribution in [0.5, 0.6) is 0 Å². The van der Waals surface area contributed by atoms with E-state index in [9.17, 15) is 4.79 Å². The quantitative estimate of drug-likeness (QED) is 0.500. The van der Waals surface area contributed by atoms with Crippen molar-refractivity contribution in [2.24, 2.45) is 0 Å². The van der Waals surface area contributed by atoms with Crippen LogP contribution in [0, 0.1) is 0 Å². The molecule has 5 rings (SSSR count). The van der Waals surface area contributed by atoms with E-state index in [4.69, 9.17) is 0 Å². The number of fused-ring (bicyclic) bond motifs is 4. The molecule has 0 aliphatic heterocycles. The molecule has 0 saturated heterocycles. The van der Waals surface area contributed by atoms with Crippen LogP contribution in [0.3, 0.4) is 0 Å². The van der Waals surface area contributed by atoms with Crippen LogP contribution in [-0.4, -0.2) is 10.9 Å². The van der Waals surface area contributed by atoms with Crippen LogP contribution in [0.15, 0.2) is 60.7 Å². The molecule has 0 saturated carbocycles. The summed E-state index contributed by atoms with van der Waals surface area (Å²) in [7, 11) is 0. The molecule has 1 aromatic heterocycles. The van der Waals surface area contributed by atoms with E-state index in [0.717, 1.165) is 29.4 Å². The summed E-state index contributed by atoms with van der Waals surface area (Å²) in [6, 6.07) is 20.1. The van der Waals surface area contributed by atoms with E-state index in [-0.39, 0.29) is 5.91 Å². The van der Waals surface area contributed by atoms with Gasteiger partial charge in [-0.05, 0) is 72.4 Å². The molecule has 0 bridgehead atoms. The fraction of sp³-hybridized carbons (Fsp3) is 0.174. The molecular weight excluding hydrogens is 320 g/mol. The zero-order valence-electron chi connectivity index (χ0n) is 14.5. The van der Waals surface area contributed by atoms with E-state index in [1.54, 1.807) is 0 Å². The SMILES string of the molecule is O=C(Nc1ccc2ccccc2c1)c1ccc2[nH]c3c(c2c1)CCCC3. The summed E-state index contributed by atoms with van der Waals surface area (Å²) in [6.07, 6.45) is 4.69. The van der Waals surface area contributed by atoms with Gasteiger partial charge in [0.1, 0.15) is 0 Å². The Bertz CT molecular complexity index is 1140. The lowest BCUT2D eigenvalue weighted by Crippen LogP contribution is -2.11. The highest BCUT2D eigenvalue weighted by Gasteiger charge is 2.17. The topological polar surface area (TPSA) is 44.9 Å². The Labute approximate surface area is 152 Å². The Kier molecular flexibility index (Phi) is 3.52. The van der Waals surface area contributed by atoms with Gasteiger partial charge in [0, 0.05) is 27.8 Å². The molecule has 0 unspecified atom stereocenters. The fourth-order valence-corrected chi connectivity index (χ4v) is 4.02. The van der Waals surface area contributed by atoms with Crippen LogP contribution in [0.25, 0.3) is 21.7 Å². The minimum Gasteiger partial charge on any atom is -0.358 e. The van der Waals surface area contributed by atoms with E-state index in [1.165, 1.54) is 34.9 Å². The van der Waals surface area contributed by atoms with Gasteiger partial charge >= 0.3 is 0 Å². The van der Waals surface area contributed by atoms with Gasteiger partial charge in [0.15, 0.2) is 0 Å². The second kappa shape index (κ2) is 6.03. The standard InChI is InChI=1S/C23H20N2O/c26-23(24-18-11-9-15-5-1-2-6-16(15)13-18)17-10-12-22-20(14-17)19-7-3-4-8-21(19)25-22/h1-2,5-6,9-14,25H,3-4,7-8H2,(H,24,26). The molecule has 1 aliphatic carbocycles. The van der Waals surface area contributed by atoms with E-state index >= 15 is 0 Å². The average molecular weight is 340 g/mol. The first-order valence-corrected chi connectivity index (χ1v) is 9.21. The van der Waals surface area contributed by atoms with Crippen molar-refractivity contribution in [2.75, 3.05) is 5.32 Å². The second-order valence-corrected chi connectivity index (χ2v) is 7.07. The highest BCUT2D eigenvalue weighted by Crippen LogP contribution is 2.30. The smallest absolute Gasteiger partial charge is 0.255 e. The molecule has 3 nitrogen and oxygen atoms in total. The van der Waals surface area contributed by atoms with E-state index in [1.807, 2.05) is 48.5 Å². The van der Waals surface area contributed by atoms with Gasteiger partial charge in [0.2, 0.25) is 0 Å². The van der Waals surface area contributed by atoms with Crippen molar-refractivity contribution < 1.29 is 4.79 Å². The van der Waals surface area contributed by atoms with Crippen molar-refractivity contribution in [1.82, 2.24) is 4.98 Å². The lowest BCUT2D eigenvalue weighted by Gasteiger charge is -2.11. The summed E-state index contributed by atoms with van der Waals surface area (Å²) in [5, 5.41) is 6.54. The first kappa shape index (κ1) is 15.2. The van der Waals surface area contributed by atoms with Crippen LogP contribution in [0.2, 0.25) is 0 Å². The average Bonchev–Trinajstić information content (AvgIpc) is 3.06. The number of amides is 1. The maximum atomic E-state index is 12.8. The molecular formula is C23H20N2O. The van der Waals surface area contributed by atoms with Crippen molar-refractivity contribution in [3.05, 3.63) is 77.5 Å². The van der Waals surface area contributed by atoms with Gasteiger partial charge in [-0.3, -0.25) is 4.79 Å². The molecule has 1 heterocycles. The molecule has 0 fully saturated rings. The highest BCUT2D eigenvalue weighted by molar-refractivity contribution is 6.07. The van der Waals surface area contributed by atoms with Gasteiger partial charge in [-0.2, -0.15) is 0 Å². The van der Waals surface area contributed by atoms with Crippen molar-refractivity contribution in [3.8, 4) is 0 Å². The summed E-state index contributed by atoms with van der Waals surface area (Å²) in [5.74, 6) is -0.0621. The molecule has 1 amide bonds. The maximum Gasteiger partial charge on any atom is 0.255 e. The Morgan fingerprint density at radius 2 is 1.73 bits per heavy atom. The molecule has 128 valence electrons. The Morgan fingerprint density at radius 1 is 0.885 bits per heavy atom. The number of aromatic nitrogens is 1. The third kappa shape index (κ3) is 2.57. The van der Waals surface area contributed by atoms with Gasteiger partial charge in [0.25, 0.3) is 5.91 Å². The number of carbonyl (C=O) groups is 1. The lowest BCUT2D eigenvalue weighted by atomic mass is 9.95. The van der Waals surface area contributed by atoms with Gasteiger partial charge in [-0.15, -0.1) is 0 Å². The normalized spacial score (nSPS) is 13.7. The van der Waals surface area contributed by atoms with Crippen LogP contribution in [-0.2, 0) is 12.8 Å². The van der Waals surface area contributed by atoms with Gasteiger partial charge in [0.05, 0.1) is 0 Å². The molecule has 3 heteroatoms. The number of benzene rings is 3. The highest BCUT2D eigenvalue weighted by atomic mass is 16.1. The molecule has 0 atom stereocenters. The van der Waals surface area contributed by atoms with Crippen molar-refractivity contribution in [3.63, 3.8) is 0 Å². The molecule has 1 aliphatic rings. The summed E-state index contributed by atoms with van der Waals surface area (Å²) >= 11 is 0. The first-order chi connectivity index (χ1) is 12.8. The molecule has 4 aromatic rings. The number of nitrogens with one attached hydrogen (secondary N) is 2. The van der Waals surface area contributed by atoms with E-state index in [2.05, 4.69) is 22.4 Å². The minimum atomic E-state index is -0.0621. The summed E-state index contributed by atoms with van der Waals surface area (Å²) < 4.78 is 0. The maximum absolute atomic E-state index is 12.8.